The topological polar surface area (TPSA) is 99.1 Å². The molecule has 0 aromatic carbocycles. The molecule has 7 heteroatoms. The molecule has 0 rings (SSSR count). The molecule has 1 N–H and O–H groups in total. The summed E-state index contributed by atoms with van der Waals surface area (Å²) in [5.41, 5.74) is -1.37. The summed E-state index contributed by atoms with van der Waals surface area (Å²) in [7, 11) is 1.16. The predicted molar refractivity (Wildman–Crippen MR) is 59.4 cm³/mol. The highest BCUT2D eigenvalue weighted by atomic mass is 16.6. The van der Waals surface area contributed by atoms with E-state index >= 15 is 0 Å². The van der Waals surface area contributed by atoms with Crippen LogP contribution in [0.15, 0.2) is 0 Å². The summed E-state index contributed by atoms with van der Waals surface area (Å²) < 4.78 is 14.1. The number of carbonyl (C=O) groups is 3. The molecule has 0 fully saturated rings. The van der Waals surface area contributed by atoms with Gasteiger partial charge < -0.3 is 19.3 Å². The molecule has 0 bridgehead atoms. The van der Waals surface area contributed by atoms with E-state index in [-0.39, 0.29) is 26.2 Å². The molecule has 0 atom stereocenters. The van der Waals surface area contributed by atoms with E-state index in [0.717, 1.165) is 7.11 Å². The van der Waals surface area contributed by atoms with E-state index in [4.69, 9.17) is 14.6 Å². The fraction of sp³-hybridized carbons (Fsp3) is 0.727. The van der Waals surface area contributed by atoms with Gasteiger partial charge in [0.1, 0.15) is 18.6 Å². The van der Waals surface area contributed by atoms with Gasteiger partial charge in [-0.2, -0.15) is 0 Å². The summed E-state index contributed by atoms with van der Waals surface area (Å²) in [6.45, 7) is 1.41. The van der Waals surface area contributed by atoms with Gasteiger partial charge in [-0.3, -0.25) is 14.4 Å². The molecule has 0 unspecified atom stereocenters. The van der Waals surface area contributed by atoms with Crippen molar-refractivity contribution in [2.24, 2.45) is 5.41 Å². The molecule has 0 aliphatic carbocycles. The molecule has 0 heterocycles. The van der Waals surface area contributed by atoms with E-state index in [1.54, 1.807) is 0 Å². The molecule has 0 aromatic heterocycles. The first-order valence-corrected chi connectivity index (χ1v) is 5.34. The van der Waals surface area contributed by atoms with E-state index in [2.05, 4.69) is 4.74 Å². The third kappa shape index (κ3) is 5.13. The molecule has 7 nitrogen and oxygen atoms in total. The Hall–Kier alpha value is -1.63. The number of aliphatic hydroxyl groups excluding tert-OH is 1. The molecule has 0 amide bonds. The average Bonchev–Trinajstić information content (AvgIpc) is 2.31. The van der Waals surface area contributed by atoms with Crippen molar-refractivity contribution in [3.05, 3.63) is 0 Å². The van der Waals surface area contributed by atoms with Crippen molar-refractivity contribution in [3.63, 3.8) is 0 Å². The lowest BCUT2D eigenvalue weighted by molar-refractivity contribution is -0.170. The van der Waals surface area contributed by atoms with Crippen LogP contribution in [-0.4, -0.2) is 49.9 Å². The van der Waals surface area contributed by atoms with Gasteiger partial charge in [-0.05, 0) is 6.42 Å². The quantitative estimate of drug-likeness (QED) is 0.494. The number of carbonyl (C=O) groups excluding carboxylic acids is 3. The highest BCUT2D eigenvalue weighted by Gasteiger charge is 2.42. The summed E-state index contributed by atoms with van der Waals surface area (Å²) >= 11 is 0. The fourth-order valence-corrected chi connectivity index (χ4v) is 1.32. The molecular weight excluding hydrogens is 244 g/mol. The standard InChI is InChI=1S/C11H18O7/c1-8(13)17-6-11(4-5-12,10(15)16-3)7-18-9(2)14/h12H,4-7H2,1-3H3. The number of rotatable bonds is 7. The smallest absolute Gasteiger partial charge is 0.318 e. The van der Waals surface area contributed by atoms with Crippen LogP contribution in [0.25, 0.3) is 0 Å². The Morgan fingerprint density at radius 3 is 1.78 bits per heavy atom. The van der Waals surface area contributed by atoms with Crippen molar-refractivity contribution in [2.75, 3.05) is 26.9 Å². The predicted octanol–water partition coefficient (Wildman–Crippen LogP) is -0.346. The third-order valence-electron chi connectivity index (χ3n) is 2.31. The van der Waals surface area contributed by atoms with Crippen molar-refractivity contribution in [3.8, 4) is 0 Å². The summed E-state index contributed by atoms with van der Waals surface area (Å²) in [4.78, 5) is 33.3. The molecule has 0 spiro atoms. The Morgan fingerprint density at radius 1 is 1.06 bits per heavy atom. The number of esters is 3. The van der Waals surface area contributed by atoms with E-state index in [9.17, 15) is 14.4 Å². The number of ether oxygens (including phenoxy) is 3. The van der Waals surface area contributed by atoms with Gasteiger partial charge in [0.15, 0.2) is 0 Å². The van der Waals surface area contributed by atoms with E-state index in [1.807, 2.05) is 0 Å². The van der Waals surface area contributed by atoms with E-state index in [0.29, 0.717) is 0 Å². The van der Waals surface area contributed by atoms with Gasteiger partial charge in [-0.25, -0.2) is 0 Å². The largest absolute Gasteiger partial charge is 0.468 e. The molecule has 0 aromatic rings. The zero-order chi connectivity index (χ0) is 14.2. The second-order valence-electron chi connectivity index (χ2n) is 3.81. The summed E-state index contributed by atoms with van der Waals surface area (Å²) in [5, 5.41) is 8.99. The second-order valence-corrected chi connectivity index (χ2v) is 3.81. The minimum Gasteiger partial charge on any atom is -0.468 e. The van der Waals surface area contributed by atoms with Crippen LogP contribution in [0, 0.1) is 5.41 Å². The van der Waals surface area contributed by atoms with Gasteiger partial charge in [0.2, 0.25) is 0 Å². The van der Waals surface area contributed by atoms with Crippen LogP contribution in [0.4, 0.5) is 0 Å². The molecule has 0 aliphatic rings. The van der Waals surface area contributed by atoms with Crippen LogP contribution >= 0.6 is 0 Å². The van der Waals surface area contributed by atoms with Crippen LogP contribution in [0.3, 0.4) is 0 Å². The summed E-state index contributed by atoms with van der Waals surface area (Å²) in [6, 6.07) is 0. The minimum atomic E-state index is -1.37. The van der Waals surface area contributed by atoms with E-state index < -0.39 is 23.3 Å². The molecule has 0 radical (unpaired) electrons. The zero-order valence-corrected chi connectivity index (χ0v) is 10.7. The van der Waals surface area contributed by atoms with Crippen molar-refractivity contribution in [2.45, 2.75) is 20.3 Å². The highest BCUT2D eigenvalue weighted by molar-refractivity contribution is 5.78. The fourth-order valence-electron chi connectivity index (χ4n) is 1.32. The van der Waals surface area contributed by atoms with Crippen LogP contribution in [-0.2, 0) is 28.6 Å². The number of aliphatic hydroxyl groups is 1. The normalized spacial score (nSPS) is 10.7. The SMILES string of the molecule is COC(=O)C(CCO)(COC(C)=O)COC(C)=O. The maximum atomic E-state index is 11.7. The van der Waals surface area contributed by atoms with Gasteiger partial charge in [0.25, 0.3) is 0 Å². The third-order valence-corrected chi connectivity index (χ3v) is 2.31. The van der Waals surface area contributed by atoms with Crippen molar-refractivity contribution in [1.82, 2.24) is 0 Å². The lowest BCUT2D eigenvalue weighted by Crippen LogP contribution is -2.43. The molecule has 104 valence electrons. The van der Waals surface area contributed by atoms with Gasteiger partial charge >= 0.3 is 17.9 Å². The van der Waals surface area contributed by atoms with Crippen LogP contribution in [0.2, 0.25) is 0 Å². The number of hydrogen-bond donors (Lipinski definition) is 1. The first-order chi connectivity index (χ1) is 8.38. The monoisotopic (exact) mass is 262 g/mol. The van der Waals surface area contributed by atoms with Gasteiger partial charge in [-0.1, -0.05) is 0 Å². The molecule has 0 saturated heterocycles. The Labute approximate surface area is 105 Å². The Morgan fingerprint density at radius 2 is 1.50 bits per heavy atom. The summed E-state index contributed by atoms with van der Waals surface area (Å²) in [5.74, 6) is -1.87. The van der Waals surface area contributed by atoms with E-state index in [1.165, 1.54) is 13.8 Å². The second kappa shape index (κ2) is 7.65. The lowest BCUT2D eigenvalue weighted by atomic mass is 9.86. The Kier molecular flexibility index (Phi) is 6.96. The Balaban J connectivity index is 4.94. The highest BCUT2D eigenvalue weighted by Crippen LogP contribution is 2.25. The lowest BCUT2D eigenvalue weighted by Gasteiger charge is -2.28. The number of hydrogen-bond acceptors (Lipinski definition) is 7. The van der Waals surface area contributed by atoms with Gasteiger partial charge in [-0.15, -0.1) is 0 Å². The molecular formula is C11H18O7. The minimum absolute atomic E-state index is 0.0414. The first kappa shape index (κ1) is 16.4. The maximum absolute atomic E-state index is 11.7. The average molecular weight is 262 g/mol. The maximum Gasteiger partial charge on any atom is 0.318 e. The van der Waals surface area contributed by atoms with Gasteiger partial charge in [0, 0.05) is 20.5 Å². The van der Waals surface area contributed by atoms with Crippen molar-refractivity contribution < 1.29 is 33.7 Å². The molecule has 18 heavy (non-hydrogen) atoms. The van der Waals surface area contributed by atoms with Gasteiger partial charge in [0.05, 0.1) is 7.11 Å². The zero-order valence-electron chi connectivity index (χ0n) is 10.7. The summed E-state index contributed by atoms with van der Waals surface area (Å²) in [6.07, 6.45) is -0.0414. The molecule has 0 aliphatic heterocycles. The number of methoxy groups -OCH3 is 1. The first-order valence-electron chi connectivity index (χ1n) is 5.34. The Bertz CT molecular complexity index is 293. The van der Waals surface area contributed by atoms with Crippen LogP contribution in [0.1, 0.15) is 20.3 Å². The van der Waals surface area contributed by atoms with Crippen molar-refractivity contribution >= 4 is 17.9 Å². The van der Waals surface area contributed by atoms with Crippen LogP contribution in [0.5, 0.6) is 0 Å². The van der Waals surface area contributed by atoms with Crippen LogP contribution < -0.4 is 0 Å². The molecule has 0 saturated carbocycles. The van der Waals surface area contributed by atoms with Crippen molar-refractivity contribution in [1.29, 1.82) is 0 Å².